The number of hydrogen-bond acceptors (Lipinski definition) is 2. The van der Waals surface area contributed by atoms with Gasteiger partial charge in [0.2, 0.25) is 0 Å². The topological polar surface area (TPSA) is 59.6 Å². The number of guanidine groups is 1. The smallest absolute Gasteiger partial charge is 0.188 e. The number of nitrogens with zero attached hydrogens (tertiary/aromatic N) is 1. The van der Waals surface area contributed by atoms with E-state index in [4.69, 9.17) is 10.5 Å². The molecule has 0 heterocycles. The molecule has 4 heteroatoms. The molecule has 1 fully saturated rings. The molecule has 4 nitrogen and oxygen atoms in total. The van der Waals surface area contributed by atoms with Gasteiger partial charge in [-0.25, -0.2) is 0 Å². The molecule has 0 aliphatic heterocycles. The van der Waals surface area contributed by atoms with E-state index in [9.17, 15) is 0 Å². The van der Waals surface area contributed by atoms with Gasteiger partial charge >= 0.3 is 0 Å². The summed E-state index contributed by atoms with van der Waals surface area (Å²) in [5.74, 6) is 1.08. The third kappa shape index (κ3) is 5.95. The maximum atomic E-state index is 5.71. The number of ether oxygens (including phenoxy) is 1. The summed E-state index contributed by atoms with van der Waals surface area (Å²) in [6.07, 6.45) is 5.55. The van der Waals surface area contributed by atoms with Crippen LogP contribution in [-0.2, 0) is 4.74 Å². The first kappa shape index (κ1) is 13.3. The molecular formula is C12H25N3O. The van der Waals surface area contributed by atoms with Crippen molar-refractivity contribution in [1.82, 2.24) is 5.32 Å². The van der Waals surface area contributed by atoms with Gasteiger partial charge in [-0.15, -0.1) is 0 Å². The quantitative estimate of drug-likeness (QED) is 0.411. The zero-order chi connectivity index (χ0) is 11.8. The van der Waals surface area contributed by atoms with Gasteiger partial charge in [-0.05, 0) is 18.8 Å². The molecule has 0 saturated heterocycles. The highest BCUT2D eigenvalue weighted by atomic mass is 16.5. The first-order valence-electron chi connectivity index (χ1n) is 6.34. The Bertz CT molecular complexity index is 210. The second-order valence-electron chi connectivity index (χ2n) is 4.82. The molecule has 16 heavy (non-hydrogen) atoms. The molecule has 1 saturated carbocycles. The largest absolute Gasteiger partial charge is 0.376 e. The van der Waals surface area contributed by atoms with Gasteiger partial charge in [-0.1, -0.05) is 26.7 Å². The van der Waals surface area contributed by atoms with Crippen molar-refractivity contribution in [2.24, 2.45) is 16.6 Å². The Morgan fingerprint density at radius 1 is 1.44 bits per heavy atom. The predicted molar refractivity (Wildman–Crippen MR) is 67.5 cm³/mol. The van der Waals surface area contributed by atoms with Crippen molar-refractivity contribution >= 4 is 5.96 Å². The molecule has 0 radical (unpaired) electrons. The van der Waals surface area contributed by atoms with Crippen molar-refractivity contribution < 1.29 is 4.74 Å². The molecule has 0 bridgehead atoms. The van der Waals surface area contributed by atoms with E-state index in [1.807, 2.05) is 0 Å². The van der Waals surface area contributed by atoms with E-state index >= 15 is 0 Å². The summed E-state index contributed by atoms with van der Waals surface area (Å²) < 4.78 is 5.71. The summed E-state index contributed by atoms with van der Waals surface area (Å²) in [6.45, 7) is 6.51. The average Bonchev–Trinajstić information content (AvgIpc) is 2.74. The van der Waals surface area contributed by atoms with Crippen molar-refractivity contribution in [2.75, 3.05) is 19.7 Å². The molecular weight excluding hydrogens is 202 g/mol. The zero-order valence-electron chi connectivity index (χ0n) is 10.5. The van der Waals surface area contributed by atoms with Gasteiger partial charge in [0.25, 0.3) is 0 Å². The SMILES string of the molecule is CC(C)CN=C(N)NCCOC1CCCC1. The Hall–Kier alpha value is -0.770. The van der Waals surface area contributed by atoms with Crippen LogP contribution in [0.5, 0.6) is 0 Å². The van der Waals surface area contributed by atoms with Crippen molar-refractivity contribution in [3.63, 3.8) is 0 Å². The lowest BCUT2D eigenvalue weighted by molar-refractivity contribution is 0.0623. The summed E-state index contributed by atoms with van der Waals surface area (Å²) in [4.78, 5) is 4.22. The molecule has 3 N–H and O–H groups in total. The number of nitrogens with two attached hydrogens (primary N) is 1. The number of aliphatic imine (C=N–C) groups is 1. The first-order valence-corrected chi connectivity index (χ1v) is 6.34. The molecule has 0 spiro atoms. The normalized spacial score (nSPS) is 18.3. The minimum atomic E-state index is 0.482. The molecule has 1 aliphatic rings. The summed E-state index contributed by atoms with van der Waals surface area (Å²) in [5, 5.41) is 3.06. The Kier molecular flexibility index (Phi) is 6.23. The van der Waals surface area contributed by atoms with Crippen LogP contribution in [0.3, 0.4) is 0 Å². The Labute approximate surface area is 98.6 Å². The van der Waals surface area contributed by atoms with Crippen molar-refractivity contribution in [3.8, 4) is 0 Å². The van der Waals surface area contributed by atoms with Gasteiger partial charge in [0.15, 0.2) is 5.96 Å². The molecule has 1 aliphatic carbocycles. The third-order valence-corrected chi connectivity index (χ3v) is 2.69. The van der Waals surface area contributed by atoms with Crippen LogP contribution in [0.2, 0.25) is 0 Å². The van der Waals surface area contributed by atoms with Crippen LogP contribution in [0.4, 0.5) is 0 Å². The van der Waals surface area contributed by atoms with Gasteiger partial charge in [-0.2, -0.15) is 0 Å². The zero-order valence-corrected chi connectivity index (χ0v) is 10.5. The molecule has 1 rings (SSSR count). The predicted octanol–water partition coefficient (Wildman–Crippen LogP) is 1.51. The van der Waals surface area contributed by atoms with E-state index in [1.54, 1.807) is 0 Å². The fraction of sp³-hybridized carbons (Fsp3) is 0.917. The Balaban J connectivity index is 1.99. The van der Waals surface area contributed by atoms with Crippen molar-refractivity contribution in [1.29, 1.82) is 0 Å². The fourth-order valence-electron chi connectivity index (χ4n) is 1.80. The Morgan fingerprint density at radius 2 is 2.12 bits per heavy atom. The summed E-state index contributed by atoms with van der Waals surface area (Å²) in [5.41, 5.74) is 5.70. The fourth-order valence-corrected chi connectivity index (χ4v) is 1.80. The molecule has 0 atom stereocenters. The lowest BCUT2D eigenvalue weighted by atomic mass is 10.2. The molecule has 0 aromatic rings. The monoisotopic (exact) mass is 227 g/mol. The highest BCUT2D eigenvalue weighted by Crippen LogP contribution is 2.20. The van der Waals surface area contributed by atoms with Crippen LogP contribution in [0, 0.1) is 5.92 Å². The van der Waals surface area contributed by atoms with Crippen LogP contribution in [-0.4, -0.2) is 31.8 Å². The number of nitrogens with one attached hydrogen (secondary N) is 1. The minimum Gasteiger partial charge on any atom is -0.376 e. The highest BCUT2D eigenvalue weighted by Gasteiger charge is 2.14. The molecule has 0 amide bonds. The Morgan fingerprint density at radius 3 is 2.75 bits per heavy atom. The van der Waals surface area contributed by atoms with Gasteiger partial charge in [-0.3, -0.25) is 4.99 Å². The minimum absolute atomic E-state index is 0.482. The van der Waals surface area contributed by atoms with Crippen molar-refractivity contribution in [3.05, 3.63) is 0 Å². The van der Waals surface area contributed by atoms with Gasteiger partial charge in [0.1, 0.15) is 0 Å². The molecule has 0 unspecified atom stereocenters. The summed E-state index contributed by atoms with van der Waals surface area (Å²) >= 11 is 0. The summed E-state index contributed by atoms with van der Waals surface area (Å²) in [7, 11) is 0. The lowest BCUT2D eigenvalue weighted by Crippen LogP contribution is -2.35. The summed E-state index contributed by atoms with van der Waals surface area (Å²) in [6, 6.07) is 0. The third-order valence-electron chi connectivity index (χ3n) is 2.69. The second kappa shape index (κ2) is 7.49. The number of rotatable bonds is 6. The lowest BCUT2D eigenvalue weighted by Gasteiger charge is -2.11. The average molecular weight is 227 g/mol. The van der Waals surface area contributed by atoms with Crippen molar-refractivity contribution in [2.45, 2.75) is 45.6 Å². The number of hydrogen-bond donors (Lipinski definition) is 2. The van der Waals surface area contributed by atoms with E-state index in [2.05, 4.69) is 24.2 Å². The van der Waals surface area contributed by atoms with Gasteiger partial charge < -0.3 is 15.8 Å². The van der Waals surface area contributed by atoms with Crippen LogP contribution in [0.15, 0.2) is 4.99 Å². The molecule has 0 aromatic carbocycles. The van der Waals surface area contributed by atoms with Gasteiger partial charge in [0, 0.05) is 13.1 Å². The molecule has 0 aromatic heterocycles. The molecule has 94 valence electrons. The van der Waals surface area contributed by atoms with Crippen LogP contribution in [0.1, 0.15) is 39.5 Å². The van der Waals surface area contributed by atoms with Crippen LogP contribution >= 0.6 is 0 Å². The standard InChI is InChI=1S/C12H25N3O/c1-10(2)9-15-12(13)14-7-8-16-11-5-3-4-6-11/h10-11H,3-9H2,1-2H3,(H3,13,14,15). The van der Waals surface area contributed by atoms with E-state index < -0.39 is 0 Å². The maximum Gasteiger partial charge on any atom is 0.188 e. The van der Waals surface area contributed by atoms with E-state index in [-0.39, 0.29) is 0 Å². The second-order valence-corrected chi connectivity index (χ2v) is 4.82. The van der Waals surface area contributed by atoms with Crippen LogP contribution in [0.25, 0.3) is 0 Å². The van der Waals surface area contributed by atoms with Gasteiger partial charge in [0.05, 0.1) is 12.7 Å². The highest BCUT2D eigenvalue weighted by molar-refractivity contribution is 5.77. The van der Waals surface area contributed by atoms with E-state index in [0.717, 1.165) is 19.7 Å². The van der Waals surface area contributed by atoms with Crippen LogP contribution < -0.4 is 11.1 Å². The van der Waals surface area contributed by atoms with E-state index in [0.29, 0.717) is 18.0 Å². The maximum absolute atomic E-state index is 5.71. The first-order chi connectivity index (χ1) is 7.68. The van der Waals surface area contributed by atoms with E-state index in [1.165, 1.54) is 25.7 Å².